The van der Waals surface area contributed by atoms with Crippen LogP contribution < -0.4 is 0 Å². The van der Waals surface area contributed by atoms with Gasteiger partial charge in [0, 0.05) is 26.2 Å². The fourth-order valence-corrected chi connectivity index (χ4v) is 3.39. The summed E-state index contributed by atoms with van der Waals surface area (Å²) in [6.45, 7) is 7.89. The smallest absolute Gasteiger partial charge is 0.410 e. The first-order chi connectivity index (χ1) is 13.2. The summed E-state index contributed by atoms with van der Waals surface area (Å²) in [6, 6.07) is 12.6. The molecule has 0 atom stereocenters. The van der Waals surface area contributed by atoms with Crippen LogP contribution in [0.1, 0.15) is 37.9 Å². The van der Waals surface area contributed by atoms with E-state index in [1.54, 1.807) is 29.2 Å². The van der Waals surface area contributed by atoms with Crippen LogP contribution in [0.4, 0.5) is 13.6 Å². The zero-order valence-corrected chi connectivity index (χ0v) is 16.5. The summed E-state index contributed by atoms with van der Waals surface area (Å²) in [6.07, 6.45) is -0.313. The fraction of sp³-hybridized carbons (Fsp3) is 0.409. The number of hydrogen-bond donors (Lipinski definition) is 0. The Labute approximate surface area is 164 Å². The van der Waals surface area contributed by atoms with Crippen molar-refractivity contribution in [1.82, 2.24) is 9.80 Å². The van der Waals surface area contributed by atoms with Crippen LogP contribution in [0.5, 0.6) is 0 Å². The van der Waals surface area contributed by atoms with Crippen molar-refractivity contribution in [3.63, 3.8) is 0 Å². The minimum Gasteiger partial charge on any atom is -0.444 e. The molecule has 0 N–H and O–H groups in total. The van der Waals surface area contributed by atoms with Gasteiger partial charge in [0.05, 0.1) is 6.04 Å². The lowest BCUT2D eigenvalue weighted by molar-refractivity contribution is 0.0119. The van der Waals surface area contributed by atoms with E-state index in [0.29, 0.717) is 26.2 Å². The molecule has 28 heavy (non-hydrogen) atoms. The number of rotatable bonds is 3. The first-order valence-corrected chi connectivity index (χ1v) is 9.46. The second kappa shape index (κ2) is 8.27. The van der Waals surface area contributed by atoms with E-state index in [-0.39, 0.29) is 23.8 Å². The Bertz CT molecular complexity index is 747. The molecule has 0 saturated carbocycles. The summed E-state index contributed by atoms with van der Waals surface area (Å²) >= 11 is 0. The van der Waals surface area contributed by atoms with Gasteiger partial charge in [-0.05, 0) is 56.2 Å². The number of carbonyl (C=O) groups is 1. The first kappa shape index (κ1) is 20.3. The summed E-state index contributed by atoms with van der Waals surface area (Å²) in [4.78, 5) is 16.2. The molecule has 2 aromatic rings. The number of benzene rings is 2. The van der Waals surface area contributed by atoms with Crippen molar-refractivity contribution >= 4 is 6.09 Å². The molecule has 0 bridgehead atoms. The third kappa shape index (κ3) is 5.07. The quantitative estimate of drug-likeness (QED) is 0.770. The van der Waals surface area contributed by atoms with Crippen LogP contribution in [0.25, 0.3) is 0 Å². The highest BCUT2D eigenvalue weighted by molar-refractivity contribution is 5.68. The van der Waals surface area contributed by atoms with Gasteiger partial charge < -0.3 is 9.64 Å². The molecule has 3 rings (SSSR count). The van der Waals surface area contributed by atoms with Crippen molar-refractivity contribution in [2.45, 2.75) is 32.4 Å². The van der Waals surface area contributed by atoms with E-state index in [9.17, 15) is 13.6 Å². The summed E-state index contributed by atoms with van der Waals surface area (Å²) in [7, 11) is 0. The van der Waals surface area contributed by atoms with E-state index in [1.807, 2.05) is 20.8 Å². The van der Waals surface area contributed by atoms with Gasteiger partial charge in [0.25, 0.3) is 0 Å². The lowest BCUT2D eigenvalue weighted by atomic mass is 9.96. The van der Waals surface area contributed by atoms with Crippen molar-refractivity contribution in [2.75, 3.05) is 26.2 Å². The molecule has 1 saturated heterocycles. The van der Waals surface area contributed by atoms with E-state index in [1.165, 1.54) is 24.3 Å². The molecule has 1 aliphatic rings. The lowest BCUT2D eigenvalue weighted by Gasteiger charge is -2.40. The molecule has 1 heterocycles. The van der Waals surface area contributed by atoms with Gasteiger partial charge in [-0.1, -0.05) is 24.3 Å². The zero-order chi connectivity index (χ0) is 20.3. The standard InChI is InChI=1S/C22H26F2N2O2/c1-22(2,3)28-21(27)26-14-12-25(13-15-26)20(16-4-8-18(23)9-5-16)17-6-10-19(24)11-7-17/h4-11,20H,12-15H2,1-3H3. The number of hydrogen-bond acceptors (Lipinski definition) is 3. The summed E-state index contributed by atoms with van der Waals surface area (Å²) in [5.41, 5.74) is 1.33. The maximum Gasteiger partial charge on any atom is 0.410 e. The molecule has 6 heteroatoms. The Morgan fingerprint density at radius 2 is 1.29 bits per heavy atom. The molecule has 0 aromatic heterocycles. The molecular formula is C22H26F2N2O2. The molecule has 1 amide bonds. The van der Waals surface area contributed by atoms with Gasteiger partial charge in [-0.15, -0.1) is 0 Å². The predicted molar refractivity (Wildman–Crippen MR) is 104 cm³/mol. The summed E-state index contributed by atoms with van der Waals surface area (Å²) in [5, 5.41) is 0. The van der Waals surface area contributed by atoms with Crippen LogP contribution in [-0.2, 0) is 4.74 Å². The molecule has 1 aliphatic heterocycles. The summed E-state index contributed by atoms with van der Waals surface area (Å²) < 4.78 is 32.3. The lowest BCUT2D eigenvalue weighted by Crippen LogP contribution is -2.51. The zero-order valence-electron chi connectivity index (χ0n) is 16.5. The molecule has 1 fully saturated rings. The maximum atomic E-state index is 13.4. The average Bonchev–Trinajstić information content (AvgIpc) is 2.64. The minimum atomic E-state index is -0.529. The molecule has 0 unspecified atom stereocenters. The van der Waals surface area contributed by atoms with Gasteiger partial charge >= 0.3 is 6.09 Å². The number of ether oxygens (including phenoxy) is 1. The SMILES string of the molecule is CC(C)(C)OC(=O)N1CCN(C(c2ccc(F)cc2)c2ccc(F)cc2)CC1. The molecular weight excluding hydrogens is 362 g/mol. The molecule has 2 aromatic carbocycles. The second-order valence-electron chi connectivity index (χ2n) is 8.01. The van der Waals surface area contributed by atoms with Crippen molar-refractivity contribution in [3.05, 3.63) is 71.3 Å². The molecule has 0 spiro atoms. The van der Waals surface area contributed by atoms with Crippen LogP contribution in [-0.4, -0.2) is 47.7 Å². The van der Waals surface area contributed by atoms with Crippen molar-refractivity contribution < 1.29 is 18.3 Å². The fourth-order valence-electron chi connectivity index (χ4n) is 3.39. The van der Waals surface area contributed by atoms with Gasteiger partial charge in [-0.2, -0.15) is 0 Å². The number of amides is 1. The van der Waals surface area contributed by atoms with Gasteiger partial charge in [0.1, 0.15) is 17.2 Å². The largest absolute Gasteiger partial charge is 0.444 e. The van der Waals surface area contributed by atoms with E-state index >= 15 is 0 Å². The van der Waals surface area contributed by atoms with Crippen LogP contribution in [0.15, 0.2) is 48.5 Å². The van der Waals surface area contributed by atoms with Crippen LogP contribution >= 0.6 is 0 Å². The maximum absolute atomic E-state index is 13.4. The highest BCUT2D eigenvalue weighted by Crippen LogP contribution is 2.30. The Balaban J connectivity index is 1.78. The Hall–Kier alpha value is -2.47. The third-order valence-electron chi connectivity index (χ3n) is 4.70. The molecule has 0 aliphatic carbocycles. The number of nitrogens with zero attached hydrogens (tertiary/aromatic N) is 2. The topological polar surface area (TPSA) is 32.8 Å². The number of carbonyl (C=O) groups excluding carboxylic acids is 1. The van der Waals surface area contributed by atoms with Crippen molar-refractivity contribution in [2.24, 2.45) is 0 Å². The third-order valence-corrected chi connectivity index (χ3v) is 4.70. The Morgan fingerprint density at radius 3 is 1.68 bits per heavy atom. The molecule has 4 nitrogen and oxygen atoms in total. The van der Waals surface area contributed by atoms with Crippen molar-refractivity contribution in [1.29, 1.82) is 0 Å². The number of halogens is 2. The molecule has 150 valence electrons. The van der Waals surface area contributed by atoms with Gasteiger partial charge in [-0.3, -0.25) is 4.90 Å². The highest BCUT2D eigenvalue weighted by Gasteiger charge is 2.30. The predicted octanol–water partition coefficient (Wildman–Crippen LogP) is 4.61. The van der Waals surface area contributed by atoms with Crippen molar-refractivity contribution in [3.8, 4) is 0 Å². The summed E-state index contributed by atoms with van der Waals surface area (Å²) in [5.74, 6) is -0.590. The Morgan fingerprint density at radius 1 is 0.857 bits per heavy atom. The van der Waals surface area contributed by atoms with E-state index in [0.717, 1.165) is 11.1 Å². The van der Waals surface area contributed by atoms with E-state index in [4.69, 9.17) is 4.74 Å². The van der Waals surface area contributed by atoms with Gasteiger partial charge in [-0.25, -0.2) is 13.6 Å². The van der Waals surface area contributed by atoms with Gasteiger partial charge in [0.15, 0.2) is 0 Å². The van der Waals surface area contributed by atoms with Crippen LogP contribution in [0.3, 0.4) is 0 Å². The minimum absolute atomic E-state index is 0.137. The normalized spacial score (nSPS) is 15.7. The average molecular weight is 388 g/mol. The molecule has 0 radical (unpaired) electrons. The Kier molecular flexibility index (Phi) is 5.98. The van der Waals surface area contributed by atoms with E-state index < -0.39 is 5.60 Å². The number of piperazine rings is 1. The second-order valence-corrected chi connectivity index (χ2v) is 8.01. The van der Waals surface area contributed by atoms with E-state index in [2.05, 4.69) is 4.90 Å². The first-order valence-electron chi connectivity index (χ1n) is 9.46. The van der Waals surface area contributed by atoms with Gasteiger partial charge in [0.2, 0.25) is 0 Å². The van der Waals surface area contributed by atoms with Crippen LogP contribution in [0.2, 0.25) is 0 Å². The monoisotopic (exact) mass is 388 g/mol. The highest BCUT2D eigenvalue weighted by atomic mass is 19.1. The van der Waals surface area contributed by atoms with Crippen LogP contribution in [0, 0.1) is 11.6 Å².